The zero-order valence-corrected chi connectivity index (χ0v) is 21.2. The zero-order valence-electron chi connectivity index (χ0n) is 18.8. The van der Waals surface area contributed by atoms with Crippen LogP contribution in [-0.2, 0) is 26.2 Å². The summed E-state index contributed by atoms with van der Waals surface area (Å²) in [6.45, 7) is 5.84. The first-order chi connectivity index (χ1) is 15.0. The standard InChI is InChI=1S/C23H30BrN3O4S/c1-5-12-25-23(29)18(3)26(15-19-9-6-8-17(2)13-19)22(28)16-27(32(4,30)31)21-11-7-10-20(24)14-21/h6-11,13-14,18H,5,12,15-16H2,1-4H3,(H,25,29)/t18-/m0/s1. The molecule has 2 aromatic carbocycles. The normalized spacial score (nSPS) is 12.2. The number of amides is 2. The second kappa shape index (κ2) is 11.5. The molecular weight excluding hydrogens is 494 g/mol. The minimum Gasteiger partial charge on any atom is -0.354 e. The van der Waals surface area contributed by atoms with Crippen molar-refractivity contribution in [3.8, 4) is 0 Å². The Labute approximate surface area is 199 Å². The molecule has 0 fully saturated rings. The Kier molecular flexibility index (Phi) is 9.27. The number of carbonyl (C=O) groups is 2. The topological polar surface area (TPSA) is 86.8 Å². The van der Waals surface area contributed by atoms with E-state index in [4.69, 9.17) is 0 Å². The van der Waals surface area contributed by atoms with Gasteiger partial charge in [0.25, 0.3) is 0 Å². The molecule has 0 bridgehead atoms. The second-order valence-corrected chi connectivity index (χ2v) is 10.5. The van der Waals surface area contributed by atoms with Gasteiger partial charge in [0.2, 0.25) is 21.8 Å². The van der Waals surface area contributed by atoms with Crippen molar-refractivity contribution in [1.29, 1.82) is 0 Å². The van der Waals surface area contributed by atoms with Crippen LogP contribution in [0.4, 0.5) is 5.69 Å². The number of halogens is 1. The van der Waals surface area contributed by atoms with Crippen LogP contribution < -0.4 is 9.62 Å². The van der Waals surface area contributed by atoms with Gasteiger partial charge in [0.15, 0.2) is 0 Å². The van der Waals surface area contributed by atoms with Crippen molar-refractivity contribution in [2.45, 2.75) is 39.8 Å². The van der Waals surface area contributed by atoms with Gasteiger partial charge in [-0.25, -0.2) is 8.42 Å². The first-order valence-corrected chi connectivity index (χ1v) is 13.0. The molecule has 0 unspecified atom stereocenters. The molecule has 0 saturated heterocycles. The lowest BCUT2D eigenvalue weighted by Gasteiger charge is -2.31. The summed E-state index contributed by atoms with van der Waals surface area (Å²) in [5, 5.41) is 2.82. The number of anilines is 1. The van der Waals surface area contributed by atoms with E-state index in [2.05, 4.69) is 21.2 Å². The van der Waals surface area contributed by atoms with E-state index in [1.54, 1.807) is 31.2 Å². The van der Waals surface area contributed by atoms with Crippen LogP contribution in [-0.4, -0.2) is 50.5 Å². The number of nitrogens with one attached hydrogen (secondary N) is 1. The van der Waals surface area contributed by atoms with Crippen molar-refractivity contribution in [1.82, 2.24) is 10.2 Å². The number of nitrogens with zero attached hydrogens (tertiary/aromatic N) is 2. The van der Waals surface area contributed by atoms with Crippen LogP contribution in [0.15, 0.2) is 53.0 Å². The summed E-state index contributed by atoms with van der Waals surface area (Å²) < 4.78 is 26.8. The smallest absolute Gasteiger partial charge is 0.244 e. The summed E-state index contributed by atoms with van der Waals surface area (Å²) in [6, 6.07) is 13.6. The number of carbonyl (C=O) groups excluding carboxylic acids is 2. The lowest BCUT2D eigenvalue weighted by molar-refractivity contribution is -0.139. The molecule has 0 aromatic heterocycles. The van der Waals surface area contributed by atoms with E-state index < -0.39 is 28.5 Å². The van der Waals surface area contributed by atoms with Gasteiger partial charge in [-0.3, -0.25) is 13.9 Å². The van der Waals surface area contributed by atoms with E-state index in [0.717, 1.165) is 28.1 Å². The average molecular weight is 524 g/mol. The number of sulfonamides is 1. The number of benzene rings is 2. The molecule has 0 aliphatic carbocycles. The highest BCUT2D eigenvalue weighted by molar-refractivity contribution is 9.10. The average Bonchev–Trinajstić information content (AvgIpc) is 2.72. The molecular formula is C23H30BrN3O4S. The Morgan fingerprint density at radius 1 is 1.12 bits per heavy atom. The Balaban J connectivity index is 2.37. The van der Waals surface area contributed by atoms with Gasteiger partial charge in [-0.05, 0) is 44.0 Å². The van der Waals surface area contributed by atoms with E-state index in [0.29, 0.717) is 16.7 Å². The van der Waals surface area contributed by atoms with Crippen LogP contribution in [0, 0.1) is 6.92 Å². The third-order valence-electron chi connectivity index (χ3n) is 4.93. The maximum atomic E-state index is 13.4. The summed E-state index contributed by atoms with van der Waals surface area (Å²) >= 11 is 3.34. The minimum atomic E-state index is -3.74. The van der Waals surface area contributed by atoms with Gasteiger partial charge in [-0.2, -0.15) is 0 Å². The first-order valence-electron chi connectivity index (χ1n) is 10.4. The fourth-order valence-corrected chi connectivity index (χ4v) is 4.46. The molecule has 0 saturated carbocycles. The molecule has 1 N–H and O–H groups in total. The largest absolute Gasteiger partial charge is 0.354 e. The summed E-state index contributed by atoms with van der Waals surface area (Å²) in [7, 11) is -3.74. The number of hydrogen-bond donors (Lipinski definition) is 1. The van der Waals surface area contributed by atoms with Crippen LogP contribution >= 0.6 is 15.9 Å². The third kappa shape index (κ3) is 7.34. The molecule has 32 heavy (non-hydrogen) atoms. The lowest BCUT2D eigenvalue weighted by Crippen LogP contribution is -2.51. The maximum absolute atomic E-state index is 13.4. The van der Waals surface area contributed by atoms with Gasteiger partial charge in [0, 0.05) is 17.6 Å². The SMILES string of the molecule is CCCNC(=O)[C@H](C)N(Cc1cccc(C)c1)C(=O)CN(c1cccc(Br)c1)S(C)(=O)=O. The van der Waals surface area contributed by atoms with Crippen LogP contribution in [0.1, 0.15) is 31.4 Å². The molecule has 2 amide bonds. The second-order valence-electron chi connectivity index (χ2n) is 7.73. The van der Waals surface area contributed by atoms with E-state index in [-0.39, 0.29) is 12.5 Å². The van der Waals surface area contributed by atoms with E-state index in [1.165, 1.54) is 4.90 Å². The fourth-order valence-electron chi connectivity index (χ4n) is 3.23. The molecule has 0 heterocycles. The maximum Gasteiger partial charge on any atom is 0.244 e. The molecule has 174 valence electrons. The number of hydrogen-bond acceptors (Lipinski definition) is 4. The molecule has 1 atom stereocenters. The van der Waals surface area contributed by atoms with Crippen LogP contribution in [0.25, 0.3) is 0 Å². The Bertz CT molecular complexity index is 1060. The van der Waals surface area contributed by atoms with Crippen molar-refractivity contribution in [2.75, 3.05) is 23.7 Å². The van der Waals surface area contributed by atoms with Gasteiger partial charge >= 0.3 is 0 Å². The van der Waals surface area contributed by atoms with Gasteiger partial charge in [-0.1, -0.05) is 58.7 Å². The van der Waals surface area contributed by atoms with Crippen LogP contribution in [0.5, 0.6) is 0 Å². The van der Waals surface area contributed by atoms with Crippen molar-refractivity contribution in [3.63, 3.8) is 0 Å². The summed E-state index contributed by atoms with van der Waals surface area (Å²) in [5.41, 5.74) is 2.26. The van der Waals surface area contributed by atoms with Gasteiger partial charge in [0.05, 0.1) is 11.9 Å². The highest BCUT2D eigenvalue weighted by Gasteiger charge is 2.30. The van der Waals surface area contributed by atoms with Crippen molar-refractivity contribution in [2.24, 2.45) is 0 Å². The minimum absolute atomic E-state index is 0.192. The van der Waals surface area contributed by atoms with E-state index >= 15 is 0 Å². The Morgan fingerprint density at radius 3 is 2.41 bits per heavy atom. The Morgan fingerprint density at radius 2 is 1.81 bits per heavy atom. The summed E-state index contributed by atoms with van der Waals surface area (Å²) in [5.74, 6) is -0.739. The molecule has 9 heteroatoms. The zero-order chi connectivity index (χ0) is 23.9. The fraction of sp³-hybridized carbons (Fsp3) is 0.391. The van der Waals surface area contributed by atoms with Gasteiger partial charge in [0.1, 0.15) is 12.6 Å². The number of rotatable bonds is 10. The predicted molar refractivity (Wildman–Crippen MR) is 131 cm³/mol. The highest BCUT2D eigenvalue weighted by Crippen LogP contribution is 2.23. The van der Waals surface area contributed by atoms with Gasteiger partial charge in [-0.15, -0.1) is 0 Å². The first kappa shape index (κ1) is 25.9. The highest BCUT2D eigenvalue weighted by atomic mass is 79.9. The van der Waals surface area contributed by atoms with E-state index in [1.807, 2.05) is 38.1 Å². The van der Waals surface area contributed by atoms with Crippen molar-refractivity contribution in [3.05, 3.63) is 64.1 Å². The third-order valence-corrected chi connectivity index (χ3v) is 6.56. The van der Waals surface area contributed by atoms with Crippen molar-refractivity contribution < 1.29 is 18.0 Å². The summed E-state index contributed by atoms with van der Waals surface area (Å²) in [4.78, 5) is 27.5. The van der Waals surface area contributed by atoms with Crippen LogP contribution in [0.3, 0.4) is 0 Å². The molecule has 0 aliphatic rings. The molecule has 2 rings (SSSR count). The van der Waals surface area contributed by atoms with Crippen LogP contribution in [0.2, 0.25) is 0 Å². The molecule has 0 aliphatic heterocycles. The molecule has 0 radical (unpaired) electrons. The summed E-state index contributed by atoms with van der Waals surface area (Å²) in [6.07, 6.45) is 1.83. The molecule has 0 spiro atoms. The molecule has 2 aromatic rings. The van der Waals surface area contributed by atoms with E-state index in [9.17, 15) is 18.0 Å². The predicted octanol–water partition coefficient (Wildman–Crippen LogP) is 3.47. The van der Waals surface area contributed by atoms with Crippen molar-refractivity contribution >= 4 is 43.5 Å². The van der Waals surface area contributed by atoms with Gasteiger partial charge < -0.3 is 10.2 Å². The Hall–Kier alpha value is -2.39. The lowest BCUT2D eigenvalue weighted by atomic mass is 10.1. The quantitative estimate of drug-likeness (QED) is 0.516. The monoisotopic (exact) mass is 523 g/mol. The molecule has 7 nitrogen and oxygen atoms in total. The number of aryl methyl sites for hydroxylation is 1.